The van der Waals surface area contributed by atoms with Crippen molar-refractivity contribution in [2.75, 3.05) is 23.0 Å². The molecule has 7 nitrogen and oxygen atoms in total. The van der Waals surface area contributed by atoms with Crippen molar-refractivity contribution in [1.29, 1.82) is 0 Å². The number of rotatable bonds is 6. The Morgan fingerprint density at radius 1 is 1.06 bits per heavy atom. The molecular formula is C24H21ClF3N5O2. The number of hydrogen-bond donors (Lipinski definition) is 3. The maximum Gasteiger partial charge on any atom is 0.417 e. The summed E-state index contributed by atoms with van der Waals surface area (Å²) in [5, 5.41) is 7.71. The van der Waals surface area contributed by atoms with Gasteiger partial charge in [-0.25, -0.2) is 9.97 Å². The van der Waals surface area contributed by atoms with Gasteiger partial charge in [0, 0.05) is 30.2 Å². The monoisotopic (exact) mass is 503 g/mol. The van der Waals surface area contributed by atoms with Crippen molar-refractivity contribution in [3.05, 3.63) is 76.1 Å². The molecule has 1 heterocycles. The van der Waals surface area contributed by atoms with Crippen LogP contribution < -0.4 is 16.0 Å². The molecule has 1 aliphatic carbocycles. The van der Waals surface area contributed by atoms with E-state index in [0.29, 0.717) is 30.2 Å². The van der Waals surface area contributed by atoms with Gasteiger partial charge in [0.2, 0.25) is 11.9 Å². The van der Waals surface area contributed by atoms with Gasteiger partial charge in [-0.3, -0.25) is 9.59 Å². The first-order valence-electron chi connectivity index (χ1n) is 10.6. The Balaban J connectivity index is 1.53. The molecule has 4 rings (SSSR count). The summed E-state index contributed by atoms with van der Waals surface area (Å²) in [6.07, 6.45) is -1.83. The molecule has 1 fully saturated rings. The van der Waals surface area contributed by atoms with Crippen LogP contribution in [0.15, 0.2) is 48.7 Å². The van der Waals surface area contributed by atoms with Gasteiger partial charge in [-0.2, -0.15) is 13.2 Å². The smallest absolute Gasteiger partial charge is 0.357 e. The number of amides is 2. The predicted molar refractivity (Wildman–Crippen MR) is 127 cm³/mol. The fourth-order valence-corrected chi connectivity index (χ4v) is 3.86. The zero-order valence-corrected chi connectivity index (χ0v) is 19.5. The molecule has 0 unspecified atom stereocenters. The third kappa shape index (κ3) is 5.07. The molecule has 0 saturated heterocycles. The molecule has 35 heavy (non-hydrogen) atoms. The lowest BCUT2D eigenvalue weighted by atomic mass is 10.00. The largest absolute Gasteiger partial charge is 0.417 e. The molecule has 1 aromatic heterocycles. The van der Waals surface area contributed by atoms with Crippen LogP contribution in [0.4, 0.5) is 30.5 Å². The molecule has 3 N–H and O–H groups in total. The van der Waals surface area contributed by atoms with Crippen LogP contribution in [0.1, 0.15) is 40.0 Å². The van der Waals surface area contributed by atoms with Crippen LogP contribution >= 0.6 is 11.6 Å². The van der Waals surface area contributed by atoms with E-state index in [1.165, 1.54) is 18.2 Å². The van der Waals surface area contributed by atoms with Gasteiger partial charge in [-0.15, -0.1) is 0 Å². The molecule has 1 aliphatic rings. The highest BCUT2D eigenvalue weighted by atomic mass is 35.5. The lowest BCUT2D eigenvalue weighted by molar-refractivity contribution is -0.137. The summed E-state index contributed by atoms with van der Waals surface area (Å²) in [5.74, 6) is -0.481. The first-order valence-corrected chi connectivity index (χ1v) is 11.0. The molecule has 1 saturated carbocycles. The van der Waals surface area contributed by atoms with E-state index in [1.807, 2.05) is 0 Å². The van der Waals surface area contributed by atoms with Gasteiger partial charge in [0.25, 0.3) is 5.91 Å². The van der Waals surface area contributed by atoms with E-state index in [2.05, 4.69) is 25.9 Å². The fourth-order valence-electron chi connectivity index (χ4n) is 3.63. The predicted octanol–water partition coefficient (Wildman–Crippen LogP) is 5.42. The summed E-state index contributed by atoms with van der Waals surface area (Å²) in [4.78, 5) is 34.4. The highest BCUT2D eigenvalue weighted by Gasteiger charge is 2.53. The number of carbonyl (C=O) groups is 2. The van der Waals surface area contributed by atoms with Gasteiger partial charge in [0.15, 0.2) is 0 Å². The van der Waals surface area contributed by atoms with Crippen molar-refractivity contribution < 1.29 is 22.8 Å². The third-order valence-electron chi connectivity index (χ3n) is 5.83. The normalized spacial score (nSPS) is 14.2. The molecule has 2 aromatic carbocycles. The number of nitrogens with zero attached hydrogens (tertiary/aromatic N) is 2. The number of benzene rings is 2. The number of alkyl halides is 3. The standard InChI is InChI=1S/C24H21ClF3N5O2/c1-13-3-4-14(20(34)31-15-5-6-17(25)16(12-15)24(26,27)28)11-18(13)32-21(35)23(8-9-23)19-7-10-30-22(29-2)33-19/h3-7,10-12H,8-9H2,1-2H3,(H,31,34)(H,32,35)(H,29,30,33). The van der Waals surface area contributed by atoms with Crippen molar-refractivity contribution in [3.63, 3.8) is 0 Å². The second-order valence-corrected chi connectivity index (χ2v) is 8.64. The Bertz CT molecular complexity index is 1310. The van der Waals surface area contributed by atoms with E-state index in [9.17, 15) is 22.8 Å². The Morgan fingerprint density at radius 3 is 2.46 bits per heavy atom. The van der Waals surface area contributed by atoms with Crippen LogP contribution in [-0.2, 0) is 16.4 Å². The molecular weight excluding hydrogens is 483 g/mol. The summed E-state index contributed by atoms with van der Waals surface area (Å²) < 4.78 is 39.4. The van der Waals surface area contributed by atoms with Crippen LogP contribution in [0.3, 0.4) is 0 Å². The average Bonchev–Trinajstić information content (AvgIpc) is 3.63. The maximum atomic E-state index is 13.2. The van der Waals surface area contributed by atoms with Crippen LogP contribution in [0.5, 0.6) is 0 Å². The van der Waals surface area contributed by atoms with Gasteiger partial charge in [0.1, 0.15) is 0 Å². The molecule has 0 spiro atoms. The lowest BCUT2D eigenvalue weighted by Crippen LogP contribution is -2.29. The fraction of sp³-hybridized carbons (Fsp3) is 0.250. The van der Waals surface area contributed by atoms with Crippen molar-refractivity contribution in [2.45, 2.75) is 31.4 Å². The minimum atomic E-state index is -4.66. The highest BCUT2D eigenvalue weighted by Crippen LogP contribution is 2.48. The van der Waals surface area contributed by atoms with Crippen LogP contribution in [0, 0.1) is 6.92 Å². The SMILES string of the molecule is CNc1nccc(C2(C(=O)Nc3cc(C(=O)Nc4ccc(Cl)c(C(F)(F)F)c4)ccc3C)CC2)n1. The quantitative estimate of drug-likeness (QED) is 0.417. The molecule has 3 aromatic rings. The van der Waals surface area contributed by atoms with Gasteiger partial charge in [-0.05, 0) is 61.7 Å². The number of anilines is 3. The summed E-state index contributed by atoms with van der Waals surface area (Å²) >= 11 is 5.64. The number of aryl methyl sites for hydroxylation is 1. The van der Waals surface area contributed by atoms with Crippen molar-refractivity contribution in [1.82, 2.24) is 9.97 Å². The highest BCUT2D eigenvalue weighted by molar-refractivity contribution is 6.31. The van der Waals surface area contributed by atoms with Crippen LogP contribution in [-0.4, -0.2) is 28.8 Å². The Labute approximate surface area is 204 Å². The first-order chi connectivity index (χ1) is 16.5. The molecule has 182 valence electrons. The second kappa shape index (κ2) is 9.18. The van der Waals surface area contributed by atoms with Gasteiger partial charge >= 0.3 is 6.18 Å². The molecule has 11 heteroatoms. The third-order valence-corrected chi connectivity index (χ3v) is 6.16. The topological polar surface area (TPSA) is 96.0 Å². The minimum Gasteiger partial charge on any atom is -0.357 e. The van der Waals surface area contributed by atoms with Gasteiger partial charge < -0.3 is 16.0 Å². The summed E-state index contributed by atoms with van der Waals surface area (Å²) in [5.41, 5.74) is 0.0202. The summed E-state index contributed by atoms with van der Waals surface area (Å²) in [6, 6.07) is 9.49. The minimum absolute atomic E-state index is 0.0566. The van der Waals surface area contributed by atoms with Crippen molar-refractivity contribution >= 4 is 40.7 Å². The number of halogens is 4. The number of aromatic nitrogens is 2. The van der Waals surface area contributed by atoms with E-state index in [-0.39, 0.29) is 17.2 Å². The van der Waals surface area contributed by atoms with Crippen molar-refractivity contribution in [3.8, 4) is 0 Å². The van der Waals surface area contributed by atoms with E-state index >= 15 is 0 Å². The van der Waals surface area contributed by atoms with Gasteiger partial charge in [-0.1, -0.05) is 17.7 Å². The number of hydrogen-bond acceptors (Lipinski definition) is 5. The molecule has 0 radical (unpaired) electrons. The zero-order valence-electron chi connectivity index (χ0n) is 18.8. The van der Waals surface area contributed by atoms with Crippen LogP contribution in [0.25, 0.3) is 0 Å². The molecule has 0 atom stereocenters. The van der Waals surface area contributed by atoms with E-state index in [1.54, 1.807) is 32.3 Å². The molecule has 2 amide bonds. The Hall–Kier alpha value is -3.66. The van der Waals surface area contributed by atoms with E-state index in [4.69, 9.17) is 11.6 Å². The maximum absolute atomic E-state index is 13.2. The summed E-state index contributed by atoms with van der Waals surface area (Å²) in [7, 11) is 1.69. The van der Waals surface area contributed by atoms with Gasteiger partial charge in [0.05, 0.1) is 21.7 Å². The van der Waals surface area contributed by atoms with E-state index < -0.39 is 28.1 Å². The second-order valence-electron chi connectivity index (χ2n) is 8.23. The van der Waals surface area contributed by atoms with E-state index in [0.717, 1.165) is 17.7 Å². The Morgan fingerprint density at radius 2 is 1.80 bits per heavy atom. The number of carbonyl (C=O) groups excluding carboxylic acids is 2. The number of nitrogens with one attached hydrogen (secondary N) is 3. The Kier molecular flexibility index (Phi) is 6.42. The summed E-state index contributed by atoms with van der Waals surface area (Å²) in [6.45, 7) is 1.77. The molecule has 0 bridgehead atoms. The molecule has 0 aliphatic heterocycles. The van der Waals surface area contributed by atoms with Crippen LogP contribution in [0.2, 0.25) is 5.02 Å². The lowest BCUT2D eigenvalue weighted by Gasteiger charge is -2.17. The zero-order chi connectivity index (χ0) is 25.4. The average molecular weight is 504 g/mol. The first kappa shape index (κ1) is 24.5. The van der Waals surface area contributed by atoms with Crippen molar-refractivity contribution in [2.24, 2.45) is 0 Å².